The molecule has 2 heterocycles. The van der Waals surface area contributed by atoms with Gasteiger partial charge in [0.05, 0.1) is 5.60 Å². The van der Waals surface area contributed by atoms with Crippen LogP contribution in [-0.4, -0.2) is 33.7 Å². The van der Waals surface area contributed by atoms with Gasteiger partial charge in [-0.2, -0.15) is 15.4 Å². The molecule has 3 rings (SSSR count). The lowest BCUT2D eigenvalue weighted by atomic mass is 9.94. The summed E-state index contributed by atoms with van der Waals surface area (Å²) in [6.07, 6.45) is 2.06. The topological polar surface area (TPSA) is 62.8 Å². The molecule has 1 saturated heterocycles. The summed E-state index contributed by atoms with van der Waals surface area (Å²) in [4.78, 5) is 0. The van der Waals surface area contributed by atoms with Crippen LogP contribution in [0.5, 0.6) is 0 Å². The Labute approximate surface area is 125 Å². The fourth-order valence-electron chi connectivity index (χ4n) is 2.85. The van der Waals surface area contributed by atoms with Crippen molar-refractivity contribution >= 4 is 0 Å². The Morgan fingerprint density at radius 2 is 2.10 bits per heavy atom. The molecule has 1 aliphatic rings. The van der Waals surface area contributed by atoms with Crippen LogP contribution in [0.25, 0.3) is 11.3 Å². The van der Waals surface area contributed by atoms with E-state index in [4.69, 9.17) is 4.74 Å². The minimum Gasteiger partial charge on any atom is -0.375 e. The summed E-state index contributed by atoms with van der Waals surface area (Å²) in [5.41, 5.74) is 2.94. The first-order valence-electron chi connectivity index (χ1n) is 7.46. The molecule has 1 aromatic carbocycles. The average Bonchev–Trinajstić information content (AvgIpc) is 2.93. The molecule has 0 saturated carbocycles. The van der Waals surface area contributed by atoms with Crippen LogP contribution in [0.2, 0.25) is 0 Å². The lowest BCUT2D eigenvalue weighted by Gasteiger charge is -2.35. The molecule has 1 aromatic heterocycles. The maximum Gasteiger partial charge on any atom is 0.117 e. The van der Waals surface area contributed by atoms with Crippen LogP contribution in [0.1, 0.15) is 32.4 Å². The highest BCUT2D eigenvalue weighted by atomic mass is 16.5. The maximum absolute atomic E-state index is 5.75. The Morgan fingerprint density at radius 1 is 1.29 bits per heavy atom. The number of nitrogens with zero attached hydrogens (tertiary/aromatic N) is 2. The molecule has 1 fully saturated rings. The molecular weight excluding hydrogens is 264 g/mol. The van der Waals surface area contributed by atoms with E-state index in [9.17, 15) is 0 Å². The van der Waals surface area contributed by atoms with Crippen molar-refractivity contribution in [1.29, 1.82) is 0 Å². The number of hydrogen-bond donors (Lipinski definition) is 2. The minimum absolute atomic E-state index is 0.0397. The van der Waals surface area contributed by atoms with Crippen LogP contribution >= 0.6 is 0 Å². The zero-order valence-corrected chi connectivity index (χ0v) is 12.6. The Bertz CT molecular complexity index is 579. The van der Waals surface area contributed by atoms with Crippen LogP contribution in [0, 0.1) is 0 Å². The van der Waals surface area contributed by atoms with Gasteiger partial charge in [-0.3, -0.25) is 0 Å². The van der Waals surface area contributed by atoms with Gasteiger partial charge >= 0.3 is 0 Å². The van der Waals surface area contributed by atoms with Crippen LogP contribution in [-0.2, 0) is 11.3 Å². The van der Waals surface area contributed by atoms with E-state index in [2.05, 4.69) is 46.7 Å². The molecule has 21 heavy (non-hydrogen) atoms. The predicted octanol–water partition coefficient (Wildman–Crippen LogP) is 2.52. The summed E-state index contributed by atoms with van der Waals surface area (Å²) in [6.45, 7) is 5.83. The fourth-order valence-corrected chi connectivity index (χ4v) is 2.85. The van der Waals surface area contributed by atoms with E-state index >= 15 is 0 Å². The summed E-state index contributed by atoms with van der Waals surface area (Å²) in [6, 6.07) is 10.6. The lowest BCUT2D eigenvalue weighted by Crippen LogP contribution is -2.43. The molecule has 1 unspecified atom stereocenters. The molecule has 2 aromatic rings. The molecule has 1 atom stereocenters. The Hall–Kier alpha value is -1.72. The van der Waals surface area contributed by atoms with E-state index in [1.807, 2.05) is 18.2 Å². The van der Waals surface area contributed by atoms with E-state index < -0.39 is 0 Å². The van der Waals surface area contributed by atoms with Crippen LogP contribution in [0.15, 0.2) is 30.3 Å². The van der Waals surface area contributed by atoms with Crippen molar-refractivity contribution < 1.29 is 4.74 Å². The first-order chi connectivity index (χ1) is 10.1. The standard InChI is InChI=1S/C16H22N4O/c1-16(2)10-13(8-9-21-16)17-11-14-15(19-20-18-14)12-6-4-3-5-7-12/h3-7,13,17H,8-11H2,1-2H3,(H,18,19,20). The number of nitrogens with one attached hydrogen (secondary N) is 2. The maximum atomic E-state index is 5.75. The fraction of sp³-hybridized carbons (Fsp3) is 0.500. The summed E-state index contributed by atoms with van der Waals surface area (Å²) < 4.78 is 5.75. The number of benzene rings is 1. The third kappa shape index (κ3) is 3.49. The van der Waals surface area contributed by atoms with Gasteiger partial charge in [-0.1, -0.05) is 30.3 Å². The van der Waals surface area contributed by atoms with Gasteiger partial charge in [0.15, 0.2) is 0 Å². The number of ether oxygens (including phenoxy) is 1. The monoisotopic (exact) mass is 286 g/mol. The SMILES string of the molecule is CC1(C)CC(NCc2n[nH]nc2-c2ccccc2)CCO1. The van der Waals surface area contributed by atoms with Crippen LogP contribution in [0.3, 0.4) is 0 Å². The first-order valence-corrected chi connectivity index (χ1v) is 7.46. The molecule has 0 aliphatic carbocycles. The third-order valence-corrected chi connectivity index (χ3v) is 3.92. The van der Waals surface area contributed by atoms with Gasteiger partial charge in [-0.15, -0.1) is 0 Å². The van der Waals surface area contributed by atoms with Crippen LogP contribution < -0.4 is 5.32 Å². The zero-order valence-electron chi connectivity index (χ0n) is 12.6. The van der Waals surface area contributed by atoms with Crippen molar-refractivity contribution in [3.8, 4) is 11.3 Å². The lowest BCUT2D eigenvalue weighted by molar-refractivity contribution is -0.0630. The van der Waals surface area contributed by atoms with Crippen molar-refractivity contribution in [2.75, 3.05) is 6.61 Å². The summed E-state index contributed by atoms with van der Waals surface area (Å²) >= 11 is 0. The van der Waals surface area contributed by atoms with E-state index in [1.165, 1.54) is 0 Å². The molecular formula is C16H22N4O. The highest BCUT2D eigenvalue weighted by Crippen LogP contribution is 2.25. The average molecular weight is 286 g/mol. The van der Waals surface area contributed by atoms with Gasteiger partial charge in [0.25, 0.3) is 0 Å². The van der Waals surface area contributed by atoms with E-state index in [-0.39, 0.29) is 5.60 Å². The summed E-state index contributed by atoms with van der Waals surface area (Å²) in [5.74, 6) is 0. The second-order valence-corrected chi connectivity index (χ2v) is 6.16. The van der Waals surface area contributed by atoms with Crippen LogP contribution in [0.4, 0.5) is 0 Å². The van der Waals surface area contributed by atoms with E-state index in [1.54, 1.807) is 0 Å². The molecule has 5 heteroatoms. The van der Waals surface area contributed by atoms with E-state index in [0.717, 1.165) is 42.9 Å². The van der Waals surface area contributed by atoms with Crippen molar-refractivity contribution in [3.05, 3.63) is 36.0 Å². The molecule has 0 radical (unpaired) electrons. The van der Waals surface area contributed by atoms with Gasteiger partial charge in [0.2, 0.25) is 0 Å². The highest BCUT2D eigenvalue weighted by Gasteiger charge is 2.28. The van der Waals surface area contributed by atoms with Gasteiger partial charge in [-0.25, -0.2) is 0 Å². The number of rotatable bonds is 4. The zero-order chi connectivity index (χ0) is 14.7. The molecule has 0 spiro atoms. The Balaban J connectivity index is 1.65. The third-order valence-electron chi connectivity index (χ3n) is 3.92. The predicted molar refractivity (Wildman–Crippen MR) is 81.7 cm³/mol. The Morgan fingerprint density at radius 3 is 2.86 bits per heavy atom. The Kier molecular flexibility index (Phi) is 4.03. The molecule has 5 nitrogen and oxygen atoms in total. The smallest absolute Gasteiger partial charge is 0.117 e. The second-order valence-electron chi connectivity index (χ2n) is 6.16. The van der Waals surface area contributed by atoms with Gasteiger partial charge in [-0.05, 0) is 26.7 Å². The largest absolute Gasteiger partial charge is 0.375 e. The number of H-pyrrole nitrogens is 1. The summed E-state index contributed by atoms with van der Waals surface area (Å²) in [7, 11) is 0. The number of aromatic nitrogens is 3. The van der Waals surface area contributed by atoms with Crippen molar-refractivity contribution in [1.82, 2.24) is 20.7 Å². The first kappa shape index (κ1) is 14.2. The normalized spacial score (nSPS) is 21.3. The number of aromatic amines is 1. The molecule has 2 N–H and O–H groups in total. The summed E-state index contributed by atoms with van der Waals surface area (Å²) in [5, 5.41) is 14.9. The van der Waals surface area contributed by atoms with E-state index in [0.29, 0.717) is 6.04 Å². The molecule has 0 bridgehead atoms. The second kappa shape index (κ2) is 5.95. The highest BCUT2D eigenvalue weighted by molar-refractivity contribution is 5.60. The minimum atomic E-state index is -0.0397. The van der Waals surface area contributed by atoms with Crippen molar-refractivity contribution in [2.45, 2.75) is 44.9 Å². The van der Waals surface area contributed by atoms with Gasteiger partial charge in [0, 0.05) is 24.8 Å². The molecule has 0 amide bonds. The van der Waals surface area contributed by atoms with Crippen molar-refractivity contribution in [2.24, 2.45) is 0 Å². The van der Waals surface area contributed by atoms with Gasteiger partial charge < -0.3 is 10.1 Å². The molecule has 112 valence electrons. The van der Waals surface area contributed by atoms with Gasteiger partial charge in [0.1, 0.15) is 11.4 Å². The van der Waals surface area contributed by atoms with Crippen molar-refractivity contribution in [3.63, 3.8) is 0 Å². The number of hydrogen-bond acceptors (Lipinski definition) is 4. The quantitative estimate of drug-likeness (QED) is 0.906. The molecule has 1 aliphatic heterocycles.